The molecule has 5 nitrogen and oxygen atoms in total. The van der Waals surface area contributed by atoms with Crippen LogP contribution in [0.3, 0.4) is 0 Å². The van der Waals surface area contributed by atoms with E-state index in [0.29, 0.717) is 12.3 Å². The van der Waals surface area contributed by atoms with Crippen molar-refractivity contribution in [2.75, 3.05) is 13.2 Å². The van der Waals surface area contributed by atoms with Gasteiger partial charge in [-0.25, -0.2) is 0 Å². The number of nitrogens with zero attached hydrogens (tertiary/aromatic N) is 3. The number of hydrogen-bond donors (Lipinski definition) is 1. The minimum absolute atomic E-state index is 0.0338. The van der Waals surface area contributed by atoms with E-state index in [1.165, 1.54) is 12.8 Å². The van der Waals surface area contributed by atoms with Crippen LogP contribution in [0.15, 0.2) is 29.4 Å². The molecule has 0 bridgehead atoms. The van der Waals surface area contributed by atoms with Gasteiger partial charge in [-0.3, -0.25) is 0 Å². The average Bonchev–Trinajstić information content (AvgIpc) is 3.27. The molecule has 1 atom stereocenters. The van der Waals surface area contributed by atoms with Crippen LogP contribution in [-0.4, -0.2) is 18.3 Å². The van der Waals surface area contributed by atoms with Crippen LogP contribution >= 0.6 is 0 Å². The Morgan fingerprint density at radius 1 is 1.53 bits per heavy atom. The zero-order valence-electron chi connectivity index (χ0n) is 11.1. The van der Waals surface area contributed by atoms with E-state index in [-0.39, 0.29) is 6.54 Å². The normalized spacial score (nSPS) is 17.4. The van der Waals surface area contributed by atoms with Gasteiger partial charge in [0.1, 0.15) is 5.75 Å². The van der Waals surface area contributed by atoms with E-state index in [0.717, 1.165) is 17.9 Å². The Labute approximate surface area is 112 Å². The van der Waals surface area contributed by atoms with Gasteiger partial charge < -0.3 is 9.84 Å². The molecule has 1 aliphatic rings. The summed E-state index contributed by atoms with van der Waals surface area (Å²) in [6, 6.07) is 7.41. The van der Waals surface area contributed by atoms with Gasteiger partial charge in [0.25, 0.3) is 0 Å². The lowest BCUT2D eigenvalue weighted by Gasteiger charge is -2.25. The summed E-state index contributed by atoms with van der Waals surface area (Å²) in [6.45, 7) is 2.64. The van der Waals surface area contributed by atoms with Crippen molar-refractivity contribution in [2.24, 2.45) is 11.0 Å². The van der Waals surface area contributed by atoms with Crippen molar-refractivity contribution in [3.63, 3.8) is 0 Å². The monoisotopic (exact) mass is 261 g/mol. The van der Waals surface area contributed by atoms with Gasteiger partial charge in [-0.1, -0.05) is 24.2 Å². The first-order valence-electron chi connectivity index (χ1n) is 6.64. The van der Waals surface area contributed by atoms with Gasteiger partial charge in [0, 0.05) is 4.91 Å². The Balaban J connectivity index is 2.11. The molecule has 1 aliphatic carbocycles. The Morgan fingerprint density at radius 3 is 2.95 bits per heavy atom. The summed E-state index contributed by atoms with van der Waals surface area (Å²) in [5.74, 6) is 1.45. The summed E-state index contributed by atoms with van der Waals surface area (Å²) in [5, 5.41) is 14.0. The largest absolute Gasteiger partial charge is 0.493 e. The van der Waals surface area contributed by atoms with Gasteiger partial charge in [-0.15, -0.1) is 0 Å². The maximum Gasteiger partial charge on any atom is 0.119 e. The average molecular weight is 261 g/mol. The molecule has 0 amide bonds. The molecule has 0 saturated heterocycles. The zero-order chi connectivity index (χ0) is 13.7. The molecule has 0 aliphatic heterocycles. The molecule has 0 aromatic heterocycles. The second kappa shape index (κ2) is 5.95. The molecule has 0 heterocycles. The first kappa shape index (κ1) is 13.7. The van der Waals surface area contributed by atoms with Crippen LogP contribution < -0.4 is 4.74 Å². The van der Waals surface area contributed by atoms with Crippen LogP contribution in [-0.2, 0) is 5.60 Å². The van der Waals surface area contributed by atoms with Crippen molar-refractivity contribution >= 4 is 0 Å². The topological polar surface area (TPSA) is 78.2 Å². The van der Waals surface area contributed by atoms with Crippen molar-refractivity contribution in [3.8, 4) is 5.75 Å². The Hall–Kier alpha value is -1.71. The van der Waals surface area contributed by atoms with Crippen LogP contribution in [0.2, 0.25) is 0 Å². The fourth-order valence-corrected chi connectivity index (χ4v) is 1.93. The van der Waals surface area contributed by atoms with Gasteiger partial charge in [0.05, 0.1) is 18.8 Å². The molecule has 5 heteroatoms. The highest BCUT2D eigenvalue weighted by Gasteiger charge is 2.27. The number of aliphatic hydroxyl groups is 1. The third-order valence-corrected chi connectivity index (χ3v) is 3.53. The summed E-state index contributed by atoms with van der Waals surface area (Å²) < 4.78 is 5.70. The predicted octanol–water partition coefficient (Wildman–Crippen LogP) is 3.38. The van der Waals surface area contributed by atoms with Crippen molar-refractivity contribution in [3.05, 3.63) is 40.3 Å². The number of hydrogen-bond acceptors (Lipinski definition) is 3. The lowest BCUT2D eigenvalue weighted by Crippen LogP contribution is -2.28. The van der Waals surface area contributed by atoms with Crippen LogP contribution in [0, 0.1) is 5.92 Å². The lowest BCUT2D eigenvalue weighted by atomic mass is 9.91. The van der Waals surface area contributed by atoms with E-state index in [1.807, 2.05) is 31.2 Å². The van der Waals surface area contributed by atoms with E-state index in [1.54, 1.807) is 0 Å². The molecule has 0 radical (unpaired) electrons. The second-order valence-corrected chi connectivity index (χ2v) is 5.06. The Kier molecular flexibility index (Phi) is 4.30. The van der Waals surface area contributed by atoms with Crippen molar-refractivity contribution in [1.29, 1.82) is 0 Å². The summed E-state index contributed by atoms with van der Waals surface area (Å²) >= 11 is 0. The molecule has 19 heavy (non-hydrogen) atoms. The summed E-state index contributed by atoms with van der Waals surface area (Å²) in [4.78, 5) is 2.72. The fraction of sp³-hybridized carbons (Fsp3) is 0.571. The Morgan fingerprint density at radius 2 is 2.32 bits per heavy atom. The van der Waals surface area contributed by atoms with Crippen molar-refractivity contribution in [2.45, 2.75) is 31.8 Å². The van der Waals surface area contributed by atoms with E-state index >= 15 is 0 Å². The molecule has 1 N–H and O–H groups in total. The highest BCUT2D eigenvalue weighted by atomic mass is 16.5. The first-order chi connectivity index (χ1) is 9.18. The fourth-order valence-electron chi connectivity index (χ4n) is 1.93. The predicted molar refractivity (Wildman–Crippen MR) is 72.9 cm³/mol. The van der Waals surface area contributed by atoms with Gasteiger partial charge >= 0.3 is 0 Å². The van der Waals surface area contributed by atoms with Gasteiger partial charge in [0.2, 0.25) is 0 Å². The van der Waals surface area contributed by atoms with E-state index in [9.17, 15) is 5.11 Å². The van der Waals surface area contributed by atoms with E-state index in [2.05, 4.69) is 10.0 Å². The number of azide groups is 1. The molecule has 0 spiro atoms. The minimum atomic E-state index is -1.12. The molecule has 2 rings (SSSR count). The molecule has 102 valence electrons. The highest BCUT2D eigenvalue weighted by Crippen LogP contribution is 2.31. The second-order valence-electron chi connectivity index (χ2n) is 5.06. The third kappa shape index (κ3) is 3.63. The Bertz CT molecular complexity index is 481. The molecular formula is C14H19N3O2. The summed E-state index contributed by atoms with van der Waals surface area (Å²) in [5.41, 5.74) is 8.01. The maximum atomic E-state index is 10.5. The third-order valence-electron chi connectivity index (χ3n) is 3.53. The van der Waals surface area contributed by atoms with Gasteiger partial charge in [-0.05, 0) is 48.4 Å². The summed E-state index contributed by atoms with van der Waals surface area (Å²) in [7, 11) is 0. The number of benzene rings is 1. The smallest absolute Gasteiger partial charge is 0.119 e. The first-order valence-corrected chi connectivity index (χ1v) is 6.64. The molecule has 1 aromatic carbocycles. The van der Waals surface area contributed by atoms with Crippen LogP contribution in [0.5, 0.6) is 5.75 Å². The minimum Gasteiger partial charge on any atom is -0.493 e. The highest BCUT2D eigenvalue weighted by molar-refractivity contribution is 5.32. The summed E-state index contributed by atoms with van der Waals surface area (Å²) in [6.07, 6.45) is 2.98. The van der Waals surface area contributed by atoms with Crippen LogP contribution in [0.1, 0.15) is 31.7 Å². The van der Waals surface area contributed by atoms with E-state index in [4.69, 9.17) is 10.3 Å². The molecule has 1 saturated carbocycles. The number of ether oxygens (including phenoxy) is 1. The van der Waals surface area contributed by atoms with Crippen LogP contribution in [0.4, 0.5) is 0 Å². The van der Waals surface area contributed by atoms with Gasteiger partial charge in [0.15, 0.2) is 0 Å². The van der Waals surface area contributed by atoms with Crippen LogP contribution in [0.25, 0.3) is 10.4 Å². The molecule has 1 aromatic rings. The van der Waals surface area contributed by atoms with E-state index < -0.39 is 5.60 Å². The van der Waals surface area contributed by atoms with Crippen molar-refractivity contribution < 1.29 is 9.84 Å². The SMILES string of the molecule is CCC(O)(CN=[N+]=[N-])c1cccc(OCC2CC2)c1. The lowest BCUT2D eigenvalue weighted by molar-refractivity contribution is 0.0417. The van der Waals surface area contributed by atoms with Crippen molar-refractivity contribution in [1.82, 2.24) is 0 Å². The standard InChI is InChI=1S/C14H19N3O2/c1-2-14(18,10-16-17-15)12-4-3-5-13(8-12)19-9-11-6-7-11/h3-5,8,11,18H,2,6-7,9-10H2,1H3. The van der Waals surface area contributed by atoms with Gasteiger partial charge in [-0.2, -0.15) is 0 Å². The molecule has 1 fully saturated rings. The molecule has 1 unspecified atom stereocenters. The zero-order valence-corrected chi connectivity index (χ0v) is 11.1. The maximum absolute atomic E-state index is 10.5. The quantitative estimate of drug-likeness (QED) is 0.464. The number of rotatable bonds is 7. The molecular weight excluding hydrogens is 242 g/mol.